The van der Waals surface area contributed by atoms with Gasteiger partial charge in [0.15, 0.2) is 6.23 Å². The molecule has 4 rings (SSSR count). The molecule has 0 spiro atoms. The highest BCUT2D eigenvalue weighted by Crippen LogP contribution is 2.34. The monoisotopic (exact) mass is 460 g/mol. The summed E-state index contributed by atoms with van der Waals surface area (Å²) in [6, 6.07) is 11.4. The van der Waals surface area contributed by atoms with E-state index in [2.05, 4.69) is 10.4 Å². The molecule has 1 unspecified atom stereocenters. The Morgan fingerprint density at radius 2 is 1.91 bits per heavy atom. The van der Waals surface area contributed by atoms with Crippen molar-refractivity contribution in [2.45, 2.75) is 32.0 Å². The van der Waals surface area contributed by atoms with Gasteiger partial charge in [-0.05, 0) is 36.8 Å². The minimum Gasteiger partial charge on any atom is -0.380 e. The number of aliphatic hydroxyl groups is 1. The number of benzene rings is 2. The molecule has 174 valence electrons. The highest BCUT2D eigenvalue weighted by atomic mass is 19.4. The molecule has 1 aromatic heterocycles. The average molecular weight is 460 g/mol. The minimum absolute atomic E-state index is 0.219. The van der Waals surface area contributed by atoms with E-state index >= 15 is 0 Å². The summed E-state index contributed by atoms with van der Waals surface area (Å²) < 4.78 is 45.5. The molecule has 2 aromatic carbocycles. The number of amides is 1. The van der Waals surface area contributed by atoms with Crippen LogP contribution in [0.3, 0.4) is 0 Å². The van der Waals surface area contributed by atoms with E-state index in [1.54, 1.807) is 23.9 Å². The molecule has 2 atom stereocenters. The zero-order valence-electron chi connectivity index (χ0n) is 18.0. The van der Waals surface area contributed by atoms with Crippen molar-refractivity contribution in [3.63, 3.8) is 0 Å². The second kappa shape index (κ2) is 8.87. The number of fused-ring (bicyclic) bond motifs is 1. The maximum Gasteiger partial charge on any atom is 0.416 e. The molecule has 1 aliphatic rings. The SMILES string of the molecule is COCc1ccccc1C(O)Nc1cnn2c1C(=O)N(c1ccc(C(F)(F)F)cc1)C[C@@H]2C. The van der Waals surface area contributed by atoms with Crippen molar-refractivity contribution in [3.05, 3.63) is 77.1 Å². The van der Waals surface area contributed by atoms with Gasteiger partial charge in [-0.25, -0.2) is 0 Å². The summed E-state index contributed by atoms with van der Waals surface area (Å²) in [5.41, 5.74) is 1.49. The zero-order valence-corrected chi connectivity index (χ0v) is 18.0. The van der Waals surface area contributed by atoms with Crippen LogP contribution < -0.4 is 10.2 Å². The second-order valence-corrected chi connectivity index (χ2v) is 7.84. The maximum atomic E-state index is 13.3. The number of methoxy groups -OCH3 is 1. The number of anilines is 2. The largest absolute Gasteiger partial charge is 0.416 e. The summed E-state index contributed by atoms with van der Waals surface area (Å²) in [5, 5.41) is 18.0. The van der Waals surface area contributed by atoms with E-state index in [-0.39, 0.29) is 18.3 Å². The fourth-order valence-electron chi connectivity index (χ4n) is 3.93. The van der Waals surface area contributed by atoms with Crippen molar-refractivity contribution >= 4 is 17.3 Å². The highest BCUT2D eigenvalue weighted by molar-refractivity contribution is 6.09. The van der Waals surface area contributed by atoms with Crippen LogP contribution in [0.5, 0.6) is 0 Å². The number of alkyl halides is 3. The van der Waals surface area contributed by atoms with Crippen LogP contribution in [0.2, 0.25) is 0 Å². The van der Waals surface area contributed by atoms with Crippen molar-refractivity contribution < 1.29 is 27.8 Å². The van der Waals surface area contributed by atoms with E-state index in [4.69, 9.17) is 4.74 Å². The van der Waals surface area contributed by atoms with E-state index in [0.717, 1.165) is 17.7 Å². The van der Waals surface area contributed by atoms with E-state index in [0.29, 0.717) is 23.5 Å². The molecule has 2 heterocycles. The highest BCUT2D eigenvalue weighted by Gasteiger charge is 2.35. The lowest BCUT2D eigenvalue weighted by Gasteiger charge is -2.32. The average Bonchev–Trinajstić information content (AvgIpc) is 3.21. The van der Waals surface area contributed by atoms with Gasteiger partial charge in [-0.3, -0.25) is 9.48 Å². The molecule has 1 aliphatic heterocycles. The van der Waals surface area contributed by atoms with Gasteiger partial charge in [-0.1, -0.05) is 24.3 Å². The molecular formula is C23H23F3N4O3. The summed E-state index contributed by atoms with van der Waals surface area (Å²) >= 11 is 0. The third kappa shape index (κ3) is 4.44. The van der Waals surface area contributed by atoms with Gasteiger partial charge in [0.05, 0.1) is 30.1 Å². The third-order valence-electron chi connectivity index (χ3n) is 5.56. The molecule has 0 saturated heterocycles. The fourth-order valence-corrected chi connectivity index (χ4v) is 3.93. The second-order valence-electron chi connectivity index (χ2n) is 7.84. The third-order valence-corrected chi connectivity index (χ3v) is 5.56. The number of nitrogens with one attached hydrogen (secondary N) is 1. The Bertz CT molecular complexity index is 1140. The minimum atomic E-state index is -4.46. The molecule has 0 radical (unpaired) electrons. The quantitative estimate of drug-likeness (QED) is 0.534. The lowest BCUT2D eigenvalue weighted by atomic mass is 10.1. The summed E-state index contributed by atoms with van der Waals surface area (Å²) in [6.07, 6.45) is -4.13. The fraction of sp³-hybridized carbons (Fsp3) is 0.304. The number of halogens is 3. The van der Waals surface area contributed by atoms with Crippen molar-refractivity contribution in [3.8, 4) is 0 Å². The number of hydrogen-bond acceptors (Lipinski definition) is 5. The van der Waals surface area contributed by atoms with Gasteiger partial charge in [0, 0.05) is 24.9 Å². The van der Waals surface area contributed by atoms with E-state index < -0.39 is 23.9 Å². The molecule has 33 heavy (non-hydrogen) atoms. The van der Waals surface area contributed by atoms with E-state index in [9.17, 15) is 23.1 Å². The zero-order chi connectivity index (χ0) is 23.8. The number of carbonyl (C=O) groups is 1. The number of ether oxygens (including phenoxy) is 1. The van der Waals surface area contributed by atoms with Crippen LogP contribution in [0.1, 0.15) is 46.4 Å². The Kier molecular flexibility index (Phi) is 6.13. The Hall–Kier alpha value is -3.37. The topological polar surface area (TPSA) is 79.6 Å². The molecular weight excluding hydrogens is 437 g/mol. The summed E-state index contributed by atoms with van der Waals surface area (Å²) in [5.74, 6) is -0.426. The first-order chi connectivity index (χ1) is 15.7. The number of aliphatic hydroxyl groups excluding tert-OH is 1. The van der Waals surface area contributed by atoms with Crippen LogP contribution in [0.25, 0.3) is 0 Å². The Balaban J connectivity index is 1.62. The normalized spacial score (nSPS) is 17.1. The van der Waals surface area contributed by atoms with E-state index in [1.807, 2.05) is 19.1 Å². The number of hydrogen-bond donors (Lipinski definition) is 2. The van der Waals surface area contributed by atoms with E-state index in [1.165, 1.54) is 23.2 Å². The van der Waals surface area contributed by atoms with Crippen molar-refractivity contribution in [2.75, 3.05) is 23.9 Å². The first-order valence-corrected chi connectivity index (χ1v) is 10.3. The lowest BCUT2D eigenvalue weighted by Crippen LogP contribution is -2.43. The lowest BCUT2D eigenvalue weighted by molar-refractivity contribution is -0.137. The molecule has 0 saturated carbocycles. The van der Waals surface area contributed by atoms with Gasteiger partial charge < -0.3 is 20.1 Å². The van der Waals surface area contributed by atoms with Gasteiger partial charge in [0.25, 0.3) is 5.91 Å². The number of aromatic nitrogens is 2. The predicted octanol–water partition coefficient (Wildman–Crippen LogP) is 4.37. The maximum absolute atomic E-state index is 13.3. The van der Waals surface area contributed by atoms with Gasteiger partial charge in [0.2, 0.25) is 0 Å². The molecule has 2 N–H and O–H groups in total. The summed E-state index contributed by atoms with van der Waals surface area (Å²) in [6.45, 7) is 2.41. The van der Waals surface area contributed by atoms with Crippen LogP contribution in [0.4, 0.5) is 24.5 Å². The van der Waals surface area contributed by atoms with Gasteiger partial charge >= 0.3 is 6.18 Å². The molecule has 3 aromatic rings. The van der Waals surface area contributed by atoms with Crippen LogP contribution >= 0.6 is 0 Å². The first kappa shape index (κ1) is 22.8. The summed E-state index contributed by atoms with van der Waals surface area (Å²) in [4.78, 5) is 14.7. The number of rotatable bonds is 6. The van der Waals surface area contributed by atoms with Crippen LogP contribution in [0.15, 0.2) is 54.7 Å². The first-order valence-electron chi connectivity index (χ1n) is 10.3. The molecule has 0 bridgehead atoms. The van der Waals surface area contributed by atoms with Crippen molar-refractivity contribution in [1.82, 2.24) is 9.78 Å². The molecule has 0 fully saturated rings. The smallest absolute Gasteiger partial charge is 0.380 e. The molecule has 1 amide bonds. The number of carbonyl (C=O) groups excluding carboxylic acids is 1. The van der Waals surface area contributed by atoms with Gasteiger partial charge in [0.1, 0.15) is 5.69 Å². The van der Waals surface area contributed by atoms with Gasteiger partial charge in [-0.2, -0.15) is 18.3 Å². The standard InChI is InChI=1S/C23H23F3N4O3/c1-14-12-29(17-9-7-16(8-10-17)23(24,25)26)22(32)20-19(11-27-30(14)20)28-21(31)18-6-4-3-5-15(18)13-33-2/h3-11,14,21,28,31H,12-13H2,1-2H3/t14-,21?/m0/s1. The summed E-state index contributed by atoms with van der Waals surface area (Å²) in [7, 11) is 1.56. The number of nitrogens with zero attached hydrogens (tertiary/aromatic N) is 3. The molecule has 10 heteroatoms. The Morgan fingerprint density at radius 1 is 1.21 bits per heavy atom. The van der Waals surface area contributed by atoms with Crippen LogP contribution in [-0.4, -0.2) is 34.4 Å². The van der Waals surface area contributed by atoms with Crippen molar-refractivity contribution in [1.29, 1.82) is 0 Å². The molecule has 7 nitrogen and oxygen atoms in total. The molecule has 0 aliphatic carbocycles. The van der Waals surface area contributed by atoms with Crippen LogP contribution in [-0.2, 0) is 17.5 Å². The van der Waals surface area contributed by atoms with Crippen molar-refractivity contribution in [2.24, 2.45) is 0 Å². The Labute approximate surface area is 188 Å². The van der Waals surface area contributed by atoms with Gasteiger partial charge in [-0.15, -0.1) is 0 Å². The predicted molar refractivity (Wildman–Crippen MR) is 116 cm³/mol. The van der Waals surface area contributed by atoms with Crippen LogP contribution in [0, 0.1) is 0 Å². The Morgan fingerprint density at radius 3 is 2.58 bits per heavy atom.